The van der Waals surface area contributed by atoms with E-state index in [1.807, 2.05) is 44.2 Å². The van der Waals surface area contributed by atoms with Crippen molar-refractivity contribution in [2.75, 3.05) is 0 Å². The van der Waals surface area contributed by atoms with Gasteiger partial charge in [0, 0.05) is 11.1 Å². The van der Waals surface area contributed by atoms with Crippen molar-refractivity contribution >= 4 is 12.1 Å². The average Bonchev–Trinajstić information content (AvgIpc) is 3.34. The van der Waals surface area contributed by atoms with Gasteiger partial charge < -0.3 is 0 Å². The van der Waals surface area contributed by atoms with Gasteiger partial charge in [-0.25, -0.2) is 14.5 Å². The van der Waals surface area contributed by atoms with Crippen LogP contribution in [-0.2, 0) is 11.3 Å². The number of hydrogen-bond donors (Lipinski definition) is 1. The molecule has 1 N–H and O–H groups in total. The van der Waals surface area contributed by atoms with E-state index in [9.17, 15) is 9.18 Å². The van der Waals surface area contributed by atoms with Gasteiger partial charge in [0.05, 0.1) is 23.3 Å². The number of carbonyl (C=O) groups excluding carboxylic acids is 1. The summed E-state index contributed by atoms with van der Waals surface area (Å²) in [4.78, 5) is 13.4. The summed E-state index contributed by atoms with van der Waals surface area (Å²) in [6.45, 7) is 3.58. The molecule has 4 rings (SSSR count). The number of hydrogen-bond acceptors (Lipinski definition) is 6. The third-order valence-corrected chi connectivity index (χ3v) is 4.57. The predicted octanol–water partition coefficient (Wildman–Crippen LogP) is 2.43. The first-order valence-corrected chi connectivity index (χ1v) is 9.48. The maximum atomic E-state index is 13.2. The predicted molar refractivity (Wildman–Crippen MR) is 112 cm³/mol. The molecular formula is C21H19FN8O. The van der Waals surface area contributed by atoms with Crippen LogP contribution in [0.1, 0.15) is 17.0 Å². The number of rotatable bonds is 6. The third kappa shape index (κ3) is 4.53. The van der Waals surface area contributed by atoms with Gasteiger partial charge >= 0.3 is 0 Å². The highest BCUT2D eigenvalue weighted by atomic mass is 19.1. The maximum Gasteiger partial charge on any atom is 0.263 e. The van der Waals surface area contributed by atoms with Crippen LogP contribution in [0.3, 0.4) is 0 Å². The second-order valence-corrected chi connectivity index (χ2v) is 6.78. The Bertz CT molecular complexity index is 1230. The number of nitrogens with one attached hydrogen (secondary N) is 1. The number of amides is 1. The zero-order valence-corrected chi connectivity index (χ0v) is 16.9. The van der Waals surface area contributed by atoms with Crippen molar-refractivity contribution in [2.45, 2.75) is 20.4 Å². The van der Waals surface area contributed by atoms with E-state index in [2.05, 4.69) is 31.0 Å². The van der Waals surface area contributed by atoms with Crippen molar-refractivity contribution in [1.82, 2.24) is 35.4 Å². The van der Waals surface area contributed by atoms with Crippen LogP contribution in [0.2, 0.25) is 0 Å². The van der Waals surface area contributed by atoms with E-state index in [1.165, 1.54) is 23.1 Å². The molecule has 9 nitrogen and oxygen atoms in total. The van der Waals surface area contributed by atoms with Crippen LogP contribution in [0.15, 0.2) is 59.7 Å². The summed E-state index contributed by atoms with van der Waals surface area (Å²) in [7, 11) is 0. The molecule has 0 saturated heterocycles. The van der Waals surface area contributed by atoms with Crippen LogP contribution in [0.4, 0.5) is 4.39 Å². The highest BCUT2D eigenvalue weighted by Crippen LogP contribution is 2.17. The summed E-state index contributed by atoms with van der Waals surface area (Å²) in [6, 6.07) is 15.4. The van der Waals surface area contributed by atoms with Crippen molar-refractivity contribution in [3.05, 3.63) is 77.4 Å². The molecule has 2 aromatic heterocycles. The van der Waals surface area contributed by atoms with E-state index >= 15 is 0 Å². The van der Waals surface area contributed by atoms with E-state index < -0.39 is 5.91 Å². The summed E-state index contributed by atoms with van der Waals surface area (Å²) in [6.07, 6.45) is 1.53. The third-order valence-electron chi connectivity index (χ3n) is 4.57. The van der Waals surface area contributed by atoms with Crippen LogP contribution in [0, 0.1) is 19.7 Å². The molecule has 0 fully saturated rings. The first-order chi connectivity index (χ1) is 15.0. The van der Waals surface area contributed by atoms with Gasteiger partial charge in [-0.2, -0.15) is 15.0 Å². The fourth-order valence-corrected chi connectivity index (χ4v) is 3.02. The molecule has 0 radical (unpaired) electrons. The average molecular weight is 418 g/mol. The fourth-order valence-electron chi connectivity index (χ4n) is 3.02. The molecule has 0 atom stereocenters. The molecule has 0 aliphatic rings. The van der Waals surface area contributed by atoms with E-state index in [0.29, 0.717) is 5.82 Å². The number of halogens is 1. The van der Waals surface area contributed by atoms with Gasteiger partial charge in [-0.15, -0.1) is 10.2 Å². The van der Waals surface area contributed by atoms with Crippen LogP contribution in [0.25, 0.3) is 17.1 Å². The lowest BCUT2D eigenvalue weighted by molar-refractivity contribution is -0.122. The first kappa shape index (κ1) is 20.1. The number of nitrogens with zero attached hydrogens (tertiary/aromatic N) is 7. The zero-order valence-electron chi connectivity index (χ0n) is 16.9. The molecule has 31 heavy (non-hydrogen) atoms. The van der Waals surface area contributed by atoms with Crippen molar-refractivity contribution in [3.63, 3.8) is 0 Å². The number of hydrazone groups is 1. The first-order valence-electron chi connectivity index (χ1n) is 9.48. The van der Waals surface area contributed by atoms with Crippen molar-refractivity contribution in [2.24, 2.45) is 5.10 Å². The number of tetrazole rings is 1. The van der Waals surface area contributed by atoms with Gasteiger partial charge in [0.2, 0.25) is 5.82 Å². The lowest BCUT2D eigenvalue weighted by atomic mass is 10.2. The number of aryl methyl sites for hydroxylation is 1. The second-order valence-electron chi connectivity index (χ2n) is 6.78. The van der Waals surface area contributed by atoms with Gasteiger partial charge in [-0.05, 0) is 43.3 Å². The SMILES string of the molecule is Cc1nn(-c2ccc(F)cc2)c(C)c1/C=N\NC(=O)Cn1nnc(-c2ccccc2)n1. The molecule has 0 bridgehead atoms. The van der Waals surface area contributed by atoms with Crippen LogP contribution in [-0.4, -0.2) is 42.1 Å². The van der Waals surface area contributed by atoms with Gasteiger partial charge in [-0.1, -0.05) is 30.3 Å². The normalized spacial score (nSPS) is 11.2. The van der Waals surface area contributed by atoms with Gasteiger partial charge in [-0.3, -0.25) is 4.79 Å². The Labute approximate surface area is 177 Å². The molecule has 0 aliphatic carbocycles. The van der Waals surface area contributed by atoms with Gasteiger partial charge in [0.25, 0.3) is 5.91 Å². The Morgan fingerprint density at radius 3 is 2.58 bits per heavy atom. The Morgan fingerprint density at radius 1 is 1.10 bits per heavy atom. The molecule has 2 heterocycles. The molecule has 2 aromatic carbocycles. The topological polar surface area (TPSA) is 103 Å². The van der Waals surface area contributed by atoms with Crippen molar-refractivity contribution in [3.8, 4) is 17.1 Å². The highest BCUT2D eigenvalue weighted by Gasteiger charge is 2.12. The summed E-state index contributed by atoms with van der Waals surface area (Å²) >= 11 is 0. The Hall–Kier alpha value is -4.21. The second kappa shape index (κ2) is 8.66. The lowest BCUT2D eigenvalue weighted by Crippen LogP contribution is -2.24. The maximum absolute atomic E-state index is 13.2. The van der Waals surface area contributed by atoms with E-state index in [0.717, 1.165) is 28.2 Å². The van der Waals surface area contributed by atoms with Crippen molar-refractivity contribution < 1.29 is 9.18 Å². The van der Waals surface area contributed by atoms with Gasteiger partial charge in [0.1, 0.15) is 12.4 Å². The van der Waals surface area contributed by atoms with E-state index in [1.54, 1.807) is 16.8 Å². The monoisotopic (exact) mass is 418 g/mol. The molecule has 0 saturated carbocycles. The quantitative estimate of drug-likeness (QED) is 0.383. The number of aromatic nitrogens is 6. The highest BCUT2D eigenvalue weighted by molar-refractivity contribution is 5.84. The van der Waals surface area contributed by atoms with Crippen molar-refractivity contribution in [1.29, 1.82) is 0 Å². The minimum Gasteiger partial charge on any atom is -0.271 e. The van der Waals surface area contributed by atoms with Gasteiger partial charge in [0.15, 0.2) is 0 Å². The minimum atomic E-state index is -0.394. The largest absolute Gasteiger partial charge is 0.271 e. The molecule has 4 aromatic rings. The molecule has 156 valence electrons. The molecule has 10 heteroatoms. The van der Waals surface area contributed by atoms with Crippen LogP contribution in [0.5, 0.6) is 0 Å². The van der Waals surface area contributed by atoms with E-state index in [4.69, 9.17) is 0 Å². The minimum absolute atomic E-state index is 0.121. The smallest absolute Gasteiger partial charge is 0.263 e. The number of carbonyl (C=O) groups is 1. The lowest BCUT2D eigenvalue weighted by Gasteiger charge is -2.04. The fraction of sp³-hybridized carbons (Fsp3) is 0.143. The molecular weight excluding hydrogens is 399 g/mol. The molecule has 0 unspecified atom stereocenters. The Morgan fingerprint density at radius 2 is 1.84 bits per heavy atom. The van der Waals surface area contributed by atoms with Crippen LogP contribution < -0.4 is 5.43 Å². The number of benzene rings is 2. The standard InChI is InChI=1S/C21H19FN8O/c1-14-19(15(2)30(26-14)18-10-8-17(22)9-11-18)12-23-24-20(31)13-29-27-21(25-28-29)16-6-4-3-5-7-16/h3-12H,13H2,1-2H3,(H,24,31)/b23-12-. The zero-order chi connectivity index (χ0) is 21.8. The molecule has 0 aliphatic heterocycles. The summed E-state index contributed by atoms with van der Waals surface area (Å²) in [5.74, 6) is -0.265. The molecule has 1 amide bonds. The van der Waals surface area contributed by atoms with Crippen LogP contribution >= 0.6 is 0 Å². The Kier molecular flexibility index (Phi) is 5.61. The summed E-state index contributed by atoms with van der Waals surface area (Å²) < 4.78 is 14.9. The summed E-state index contributed by atoms with van der Waals surface area (Å²) in [5.41, 5.74) is 6.30. The van der Waals surface area contributed by atoms with E-state index in [-0.39, 0.29) is 12.4 Å². The Balaban J connectivity index is 1.40. The summed E-state index contributed by atoms with van der Waals surface area (Å²) in [5, 5.41) is 20.5. The molecule has 0 spiro atoms.